The molecule has 186 valence electrons. The van der Waals surface area contributed by atoms with Gasteiger partial charge < -0.3 is 14.5 Å². The van der Waals surface area contributed by atoms with Crippen LogP contribution < -0.4 is 4.90 Å². The number of carbonyl (C=O) groups is 1. The second kappa shape index (κ2) is 9.54. The summed E-state index contributed by atoms with van der Waals surface area (Å²) in [5.74, 6) is 0.154. The minimum Gasteiger partial charge on any atom is -0.381 e. The topological polar surface area (TPSA) is 56.6 Å². The molecule has 0 aliphatic carbocycles. The van der Waals surface area contributed by atoms with Crippen LogP contribution in [-0.2, 0) is 10.9 Å². The van der Waals surface area contributed by atoms with Crippen LogP contribution >= 0.6 is 0 Å². The lowest BCUT2D eigenvalue weighted by atomic mass is 9.73. The average Bonchev–Trinajstić information content (AvgIpc) is 3.22. The number of halogens is 3. The summed E-state index contributed by atoms with van der Waals surface area (Å²) in [5, 5.41) is 9.13. The lowest BCUT2D eigenvalue weighted by Gasteiger charge is -2.44. The Bertz CT molecular complexity index is 1160. The number of anilines is 1. The highest BCUT2D eigenvalue weighted by Crippen LogP contribution is 2.45. The van der Waals surface area contributed by atoms with E-state index in [2.05, 4.69) is 0 Å². The highest BCUT2D eigenvalue weighted by Gasteiger charge is 2.51. The van der Waals surface area contributed by atoms with E-state index in [0.29, 0.717) is 50.6 Å². The summed E-state index contributed by atoms with van der Waals surface area (Å²) < 4.78 is 46.5. The monoisotopic (exact) mass is 485 g/mol. The number of benzene rings is 2. The maximum absolute atomic E-state index is 13.6. The first kappa shape index (κ1) is 25.1. The molecule has 4 rings (SSSR count). The van der Waals surface area contributed by atoms with Crippen LogP contribution in [-0.4, -0.2) is 50.2 Å². The van der Waals surface area contributed by atoms with Crippen LogP contribution in [0.15, 0.2) is 36.4 Å². The smallest absolute Gasteiger partial charge is 0.381 e. The first-order valence-corrected chi connectivity index (χ1v) is 11.9. The Kier molecular flexibility index (Phi) is 6.83. The van der Waals surface area contributed by atoms with Crippen molar-refractivity contribution >= 4 is 11.6 Å². The van der Waals surface area contributed by atoms with Crippen molar-refractivity contribution in [3.05, 3.63) is 64.2 Å². The summed E-state index contributed by atoms with van der Waals surface area (Å²) in [6, 6.07) is 11.2. The lowest BCUT2D eigenvalue weighted by Crippen LogP contribution is -2.53. The van der Waals surface area contributed by atoms with Crippen molar-refractivity contribution in [1.29, 1.82) is 5.26 Å². The largest absolute Gasteiger partial charge is 0.417 e. The first-order chi connectivity index (χ1) is 16.6. The van der Waals surface area contributed by atoms with Crippen LogP contribution in [0, 0.1) is 36.5 Å². The number of piperidine rings is 1. The molecule has 5 nitrogen and oxygen atoms in total. The molecular formula is C27H30F3N3O2. The summed E-state index contributed by atoms with van der Waals surface area (Å²) in [6.07, 6.45) is -3.85. The van der Waals surface area contributed by atoms with Gasteiger partial charge >= 0.3 is 6.18 Å². The number of nitriles is 1. The molecule has 2 aromatic carbocycles. The third-order valence-corrected chi connectivity index (χ3v) is 7.49. The van der Waals surface area contributed by atoms with Crippen LogP contribution in [0.3, 0.4) is 0 Å². The molecule has 1 amide bonds. The van der Waals surface area contributed by atoms with E-state index in [1.54, 1.807) is 12.1 Å². The normalized spacial score (nSPS) is 22.1. The summed E-state index contributed by atoms with van der Waals surface area (Å²) in [6.45, 7) is 9.01. The number of fused-ring (bicyclic) bond motifs is 1. The van der Waals surface area contributed by atoms with E-state index >= 15 is 0 Å². The second-order valence-electron chi connectivity index (χ2n) is 9.73. The fourth-order valence-electron chi connectivity index (χ4n) is 5.38. The first-order valence-electron chi connectivity index (χ1n) is 11.9. The molecule has 2 aromatic rings. The van der Waals surface area contributed by atoms with Gasteiger partial charge in [-0.25, -0.2) is 0 Å². The Hall–Kier alpha value is -3.05. The van der Waals surface area contributed by atoms with Gasteiger partial charge in [-0.15, -0.1) is 0 Å². The molecule has 35 heavy (non-hydrogen) atoms. The Labute approximate surface area is 204 Å². The number of hydrogen-bond acceptors (Lipinski definition) is 4. The van der Waals surface area contributed by atoms with Crippen molar-refractivity contribution in [2.24, 2.45) is 11.3 Å². The van der Waals surface area contributed by atoms with Crippen LogP contribution in [0.1, 0.15) is 46.0 Å². The number of likely N-dealkylation sites (tertiary alicyclic amines) is 1. The van der Waals surface area contributed by atoms with Gasteiger partial charge in [0.25, 0.3) is 5.91 Å². The molecule has 0 N–H and O–H groups in total. The Morgan fingerprint density at radius 1 is 1.17 bits per heavy atom. The number of hydrogen-bond donors (Lipinski definition) is 0. The van der Waals surface area contributed by atoms with Gasteiger partial charge in [-0.2, -0.15) is 18.4 Å². The molecule has 2 fully saturated rings. The summed E-state index contributed by atoms with van der Waals surface area (Å²) in [5.41, 5.74) is 1.59. The van der Waals surface area contributed by atoms with Crippen LogP contribution in [0.4, 0.5) is 18.9 Å². The van der Waals surface area contributed by atoms with Gasteiger partial charge in [0, 0.05) is 49.5 Å². The zero-order chi connectivity index (χ0) is 25.4. The van der Waals surface area contributed by atoms with Gasteiger partial charge in [-0.05, 0) is 74.6 Å². The number of amides is 1. The fourth-order valence-corrected chi connectivity index (χ4v) is 5.38. The Morgan fingerprint density at radius 3 is 2.60 bits per heavy atom. The van der Waals surface area contributed by atoms with Gasteiger partial charge in [-0.1, -0.05) is 6.07 Å². The van der Waals surface area contributed by atoms with Crippen molar-refractivity contribution in [3.8, 4) is 6.07 Å². The number of rotatable bonds is 5. The minimum atomic E-state index is -4.61. The minimum absolute atomic E-state index is 0.0291. The maximum Gasteiger partial charge on any atom is 0.417 e. The number of alkyl halides is 3. The molecule has 2 saturated heterocycles. The highest BCUT2D eigenvalue weighted by molar-refractivity contribution is 5.94. The molecule has 2 aliphatic heterocycles. The Balaban J connectivity index is 1.61. The molecule has 0 radical (unpaired) electrons. The zero-order valence-electron chi connectivity index (χ0n) is 20.3. The van der Waals surface area contributed by atoms with E-state index in [9.17, 15) is 18.0 Å². The summed E-state index contributed by atoms with van der Waals surface area (Å²) in [7, 11) is 0. The maximum atomic E-state index is 13.6. The van der Waals surface area contributed by atoms with E-state index in [1.165, 1.54) is 6.07 Å². The van der Waals surface area contributed by atoms with Gasteiger partial charge in [0.2, 0.25) is 0 Å². The standard InChI is InChI=1S/C27H30F3N3O2/c1-4-35-17-26-15-32(25(34)20-6-5-18(2)19(3)11-20)10-9-22(26)14-33(16-26)23-8-7-21(13-31)24(12-23)27(28,29)30/h5-8,11-12,22H,4,9-10,14-17H2,1-3H3/t22-,26+/m0/s1. The second-order valence-corrected chi connectivity index (χ2v) is 9.73. The third kappa shape index (κ3) is 4.87. The predicted octanol–water partition coefficient (Wildman–Crippen LogP) is 5.20. The van der Waals surface area contributed by atoms with Gasteiger partial charge in [-0.3, -0.25) is 4.79 Å². The number of ether oxygens (including phenoxy) is 1. The molecule has 0 spiro atoms. The van der Waals surface area contributed by atoms with Crippen molar-refractivity contribution in [1.82, 2.24) is 4.90 Å². The van der Waals surface area contributed by atoms with Gasteiger partial charge in [0.05, 0.1) is 23.8 Å². The predicted molar refractivity (Wildman–Crippen MR) is 127 cm³/mol. The number of carbonyl (C=O) groups excluding carboxylic acids is 1. The van der Waals surface area contributed by atoms with Crippen LogP contribution in [0.2, 0.25) is 0 Å². The molecule has 0 unspecified atom stereocenters. The third-order valence-electron chi connectivity index (χ3n) is 7.49. The van der Waals surface area contributed by atoms with Gasteiger partial charge in [0.15, 0.2) is 0 Å². The van der Waals surface area contributed by atoms with E-state index in [0.717, 1.165) is 23.6 Å². The van der Waals surface area contributed by atoms with Crippen LogP contribution in [0.5, 0.6) is 0 Å². The van der Waals surface area contributed by atoms with Crippen molar-refractivity contribution in [3.63, 3.8) is 0 Å². The molecule has 0 bridgehead atoms. The molecule has 2 aliphatic rings. The molecule has 0 saturated carbocycles. The Morgan fingerprint density at radius 2 is 1.94 bits per heavy atom. The average molecular weight is 486 g/mol. The lowest BCUT2D eigenvalue weighted by molar-refractivity contribution is -0.137. The van der Waals surface area contributed by atoms with Gasteiger partial charge in [0.1, 0.15) is 0 Å². The van der Waals surface area contributed by atoms with E-state index in [4.69, 9.17) is 10.00 Å². The van der Waals surface area contributed by atoms with Crippen molar-refractivity contribution in [2.45, 2.75) is 33.4 Å². The molecule has 0 aromatic heterocycles. The van der Waals surface area contributed by atoms with E-state index < -0.39 is 11.7 Å². The fraction of sp³-hybridized carbons (Fsp3) is 0.481. The zero-order valence-corrected chi connectivity index (χ0v) is 20.3. The quantitative estimate of drug-likeness (QED) is 0.584. The highest BCUT2D eigenvalue weighted by atomic mass is 19.4. The van der Waals surface area contributed by atoms with Crippen molar-refractivity contribution in [2.75, 3.05) is 44.3 Å². The molecule has 2 atom stereocenters. The van der Waals surface area contributed by atoms with E-state index in [-0.39, 0.29) is 22.8 Å². The van der Waals surface area contributed by atoms with Crippen molar-refractivity contribution < 1.29 is 22.7 Å². The molecule has 8 heteroatoms. The SMILES string of the molecule is CCOC[C@]12CN(C(=O)c3ccc(C)c(C)c3)CC[C@H]1CN(c1ccc(C#N)c(C(F)(F)F)c1)C2. The summed E-state index contributed by atoms with van der Waals surface area (Å²) in [4.78, 5) is 17.2. The summed E-state index contributed by atoms with van der Waals surface area (Å²) >= 11 is 0. The molecular weight excluding hydrogens is 455 g/mol. The van der Waals surface area contributed by atoms with E-state index in [1.807, 2.05) is 48.8 Å². The van der Waals surface area contributed by atoms with Crippen LogP contribution in [0.25, 0.3) is 0 Å². The number of aryl methyl sites for hydroxylation is 2. The number of nitrogens with zero attached hydrogens (tertiary/aromatic N) is 3. The molecule has 2 heterocycles.